The Hall–Kier alpha value is -1.60. The quantitative estimate of drug-likeness (QED) is 0.812. The molecule has 0 bridgehead atoms. The van der Waals surface area contributed by atoms with Gasteiger partial charge in [-0.15, -0.1) is 0 Å². The molecule has 116 valence electrons. The number of benzene rings is 1. The second-order valence-electron chi connectivity index (χ2n) is 5.08. The fourth-order valence-electron chi connectivity index (χ4n) is 2.24. The second-order valence-corrected chi connectivity index (χ2v) is 7.31. The molecule has 1 saturated heterocycles. The van der Waals surface area contributed by atoms with E-state index in [2.05, 4.69) is 10.6 Å². The average Bonchev–Trinajstić information content (AvgIpc) is 2.79. The zero-order chi connectivity index (χ0) is 15.3. The number of anilines is 1. The standard InChI is InChI=1S/C14H20N2O4S/c1-20-13-4-2-11(3-5-13)16-14(17)6-8-15-12-7-9-21(18,19)10-12/h2-5,12,15H,6-10H2,1H3,(H,16,17). The van der Waals surface area contributed by atoms with Crippen LogP contribution < -0.4 is 15.4 Å². The van der Waals surface area contributed by atoms with E-state index in [-0.39, 0.29) is 23.5 Å². The second kappa shape index (κ2) is 6.91. The SMILES string of the molecule is COc1ccc(NC(=O)CCNC2CCS(=O)(=O)C2)cc1. The number of methoxy groups -OCH3 is 1. The van der Waals surface area contributed by atoms with Crippen molar-refractivity contribution >= 4 is 21.4 Å². The largest absolute Gasteiger partial charge is 0.497 e. The van der Waals surface area contributed by atoms with Crippen LogP contribution in [0.1, 0.15) is 12.8 Å². The van der Waals surface area contributed by atoms with E-state index in [1.807, 2.05) is 0 Å². The van der Waals surface area contributed by atoms with Crippen molar-refractivity contribution < 1.29 is 17.9 Å². The molecule has 0 aliphatic carbocycles. The van der Waals surface area contributed by atoms with Crippen molar-refractivity contribution in [2.24, 2.45) is 0 Å². The number of sulfone groups is 1. The molecule has 6 nitrogen and oxygen atoms in total. The molecule has 0 saturated carbocycles. The number of carbonyl (C=O) groups is 1. The minimum atomic E-state index is -2.88. The van der Waals surface area contributed by atoms with E-state index in [4.69, 9.17) is 4.74 Å². The van der Waals surface area contributed by atoms with Crippen molar-refractivity contribution in [3.8, 4) is 5.75 Å². The minimum Gasteiger partial charge on any atom is -0.497 e. The Morgan fingerprint density at radius 3 is 2.62 bits per heavy atom. The fraction of sp³-hybridized carbons (Fsp3) is 0.500. The number of ether oxygens (including phenoxy) is 1. The van der Waals surface area contributed by atoms with Gasteiger partial charge in [-0.3, -0.25) is 4.79 Å². The lowest BCUT2D eigenvalue weighted by molar-refractivity contribution is -0.116. The molecular weight excluding hydrogens is 292 g/mol. The van der Waals surface area contributed by atoms with E-state index in [1.54, 1.807) is 31.4 Å². The first-order valence-corrected chi connectivity index (χ1v) is 8.68. The highest BCUT2D eigenvalue weighted by Gasteiger charge is 2.27. The molecule has 2 rings (SSSR count). The highest BCUT2D eigenvalue weighted by molar-refractivity contribution is 7.91. The van der Waals surface area contributed by atoms with Crippen molar-refractivity contribution in [3.05, 3.63) is 24.3 Å². The zero-order valence-electron chi connectivity index (χ0n) is 12.0. The monoisotopic (exact) mass is 312 g/mol. The Morgan fingerprint density at radius 2 is 2.05 bits per heavy atom. The zero-order valence-corrected chi connectivity index (χ0v) is 12.8. The highest BCUT2D eigenvalue weighted by atomic mass is 32.2. The molecule has 1 amide bonds. The number of hydrogen-bond acceptors (Lipinski definition) is 5. The van der Waals surface area contributed by atoms with Gasteiger partial charge in [0.15, 0.2) is 9.84 Å². The minimum absolute atomic E-state index is 0.0243. The van der Waals surface area contributed by atoms with Gasteiger partial charge in [-0.2, -0.15) is 0 Å². The van der Waals surface area contributed by atoms with Crippen LogP contribution in [0.5, 0.6) is 5.75 Å². The lowest BCUT2D eigenvalue weighted by atomic mass is 10.2. The maximum absolute atomic E-state index is 11.8. The normalized spacial score (nSPS) is 20.1. The third-order valence-electron chi connectivity index (χ3n) is 3.39. The van der Waals surface area contributed by atoms with Crippen LogP contribution in [0.3, 0.4) is 0 Å². The Balaban J connectivity index is 1.70. The molecule has 1 aliphatic heterocycles. The van der Waals surface area contributed by atoms with Gasteiger partial charge in [-0.1, -0.05) is 0 Å². The molecular formula is C14H20N2O4S. The van der Waals surface area contributed by atoms with Gasteiger partial charge in [0.25, 0.3) is 0 Å². The van der Waals surface area contributed by atoms with E-state index in [9.17, 15) is 13.2 Å². The topological polar surface area (TPSA) is 84.5 Å². The summed E-state index contributed by atoms with van der Waals surface area (Å²) in [6.45, 7) is 0.474. The molecule has 0 aromatic heterocycles. The van der Waals surface area contributed by atoms with Crippen molar-refractivity contribution in [2.75, 3.05) is 30.5 Å². The van der Waals surface area contributed by atoms with E-state index in [0.29, 0.717) is 25.1 Å². The van der Waals surface area contributed by atoms with Crippen LogP contribution >= 0.6 is 0 Å². The van der Waals surface area contributed by atoms with Crippen molar-refractivity contribution in [3.63, 3.8) is 0 Å². The smallest absolute Gasteiger partial charge is 0.225 e. The van der Waals surface area contributed by atoms with Crippen LogP contribution in [-0.2, 0) is 14.6 Å². The summed E-state index contributed by atoms with van der Waals surface area (Å²) in [5, 5.41) is 5.89. The van der Waals surface area contributed by atoms with Crippen LogP contribution in [0, 0.1) is 0 Å². The van der Waals surface area contributed by atoms with Gasteiger partial charge < -0.3 is 15.4 Å². The van der Waals surface area contributed by atoms with Gasteiger partial charge in [0.1, 0.15) is 5.75 Å². The first-order valence-electron chi connectivity index (χ1n) is 6.86. The first kappa shape index (κ1) is 15.8. The van der Waals surface area contributed by atoms with E-state index >= 15 is 0 Å². The summed E-state index contributed by atoms with van der Waals surface area (Å²) in [6.07, 6.45) is 0.936. The Kier molecular flexibility index (Phi) is 5.19. The van der Waals surface area contributed by atoms with Crippen LogP contribution in [0.25, 0.3) is 0 Å². The molecule has 1 atom stereocenters. The summed E-state index contributed by atoms with van der Waals surface area (Å²) in [5.41, 5.74) is 0.712. The Bertz CT molecular complexity index is 583. The number of nitrogens with one attached hydrogen (secondary N) is 2. The van der Waals surface area contributed by atoms with Crippen molar-refractivity contribution in [1.29, 1.82) is 0 Å². The van der Waals surface area contributed by atoms with Crippen LogP contribution in [-0.4, -0.2) is 45.5 Å². The average molecular weight is 312 g/mol. The maximum Gasteiger partial charge on any atom is 0.225 e. The summed E-state index contributed by atoms with van der Waals surface area (Å²) in [5.74, 6) is 1.04. The third-order valence-corrected chi connectivity index (χ3v) is 5.16. The molecule has 21 heavy (non-hydrogen) atoms. The molecule has 7 heteroatoms. The molecule has 1 aromatic rings. The lowest BCUT2D eigenvalue weighted by Crippen LogP contribution is -2.32. The van der Waals surface area contributed by atoms with E-state index in [0.717, 1.165) is 5.75 Å². The molecule has 1 unspecified atom stereocenters. The van der Waals surface area contributed by atoms with Gasteiger partial charge in [-0.05, 0) is 30.7 Å². The summed E-state index contributed by atoms with van der Waals surface area (Å²) in [6, 6.07) is 7.07. The number of carbonyl (C=O) groups excluding carboxylic acids is 1. The first-order chi connectivity index (χ1) is 9.98. The van der Waals surface area contributed by atoms with Crippen LogP contribution in [0.4, 0.5) is 5.69 Å². The molecule has 1 fully saturated rings. The highest BCUT2D eigenvalue weighted by Crippen LogP contribution is 2.15. The Labute approximate surface area is 124 Å². The van der Waals surface area contributed by atoms with Crippen molar-refractivity contribution in [1.82, 2.24) is 5.32 Å². The lowest BCUT2D eigenvalue weighted by Gasteiger charge is -2.10. The number of hydrogen-bond donors (Lipinski definition) is 2. The van der Waals surface area contributed by atoms with E-state index < -0.39 is 9.84 Å². The fourth-order valence-corrected chi connectivity index (χ4v) is 3.95. The van der Waals surface area contributed by atoms with Gasteiger partial charge in [0.2, 0.25) is 5.91 Å². The molecule has 2 N–H and O–H groups in total. The predicted octanol–water partition coefficient (Wildman–Crippen LogP) is 0.800. The van der Waals surface area contributed by atoms with Gasteiger partial charge in [-0.25, -0.2) is 8.42 Å². The van der Waals surface area contributed by atoms with Gasteiger partial charge >= 0.3 is 0 Å². The molecule has 0 spiro atoms. The number of amides is 1. The van der Waals surface area contributed by atoms with E-state index in [1.165, 1.54) is 0 Å². The summed E-state index contributed by atoms with van der Waals surface area (Å²) < 4.78 is 27.6. The summed E-state index contributed by atoms with van der Waals surface area (Å²) in [7, 11) is -1.29. The third kappa shape index (κ3) is 5.02. The van der Waals surface area contributed by atoms with Crippen LogP contribution in [0.2, 0.25) is 0 Å². The summed E-state index contributed by atoms with van der Waals surface area (Å²) >= 11 is 0. The molecule has 1 aliphatic rings. The molecule has 0 radical (unpaired) electrons. The Morgan fingerprint density at radius 1 is 1.33 bits per heavy atom. The predicted molar refractivity (Wildman–Crippen MR) is 81.3 cm³/mol. The molecule has 1 heterocycles. The van der Waals surface area contributed by atoms with Gasteiger partial charge in [0, 0.05) is 24.7 Å². The van der Waals surface area contributed by atoms with Crippen molar-refractivity contribution in [2.45, 2.75) is 18.9 Å². The number of rotatable bonds is 6. The molecule has 1 aromatic carbocycles. The summed E-state index contributed by atoms with van der Waals surface area (Å²) in [4.78, 5) is 11.8. The van der Waals surface area contributed by atoms with Crippen LogP contribution in [0.15, 0.2) is 24.3 Å². The maximum atomic E-state index is 11.8. The van der Waals surface area contributed by atoms with Gasteiger partial charge in [0.05, 0.1) is 18.6 Å².